The van der Waals surface area contributed by atoms with Gasteiger partial charge in [-0.1, -0.05) is 13.8 Å². The van der Waals surface area contributed by atoms with Crippen LogP contribution in [-0.4, -0.2) is 35.4 Å². The molecule has 114 valence electrons. The number of aryl methyl sites for hydroxylation is 2. The van der Waals surface area contributed by atoms with Crippen molar-refractivity contribution in [2.24, 2.45) is 13.0 Å². The first kappa shape index (κ1) is 15.1. The van der Waals surface area contributed by atoms with Gasteiger partial charge in [-0.15, -0.1) is 10.2 Å². The molecule has 1 amide bonds. The second-order valence-electron chi connectivity index (χ2n) is 5.44. The smallest absolute Gasteiger partial charge is 0.222 e. The average Bonchev–Trinajstić information content (AvgIpc) is 3.06. The Kier molecular flexibility index (Phi) is 5.02. The third-order valence-corrected chi connectivity index (χ3v) is 3.16. The summed E-state index contributed by atoms with van der Waals surface area (Å²) in [6.07, 6.45) is 5.91. The van der Waals surface area contributed by atoms with Gasteiger partial charge in [-0.2, -0.15) is 5.10 Å². The number of rotatable bonds is 7. The normalized spacial score (nSPS) is 12.6. The van der Waals surface area contributed by atoms with E-state index in [2.05, 4.69) is 39.4 Å². The van der Waals surface area contributed by atoms with Gasteiger partial charge in [0.25, 0.3) is 0 Å². The second kappa shape index (κ2) is 6.96. The van der Waals surface area contributed by atoms with Crippen LogP contribution in [0.25, 0.3) is 0 Å². The molecule has 1 N–H and O–H groups in total. The fourth-order valence-electron chi connectivity index (χ4n) is 2.16. The number of nitrogens with zero attached hydrogens (tertiary/aromatic N) is 6. The summed E-state index contributed by atoms with van der Waals surface area (Å²) in [6.45, 7) is 4.80. The van der Waals surface area contributed by atoms with Gasteiger partial charge in [0.15, 0.2) is 0 Å². The lowest BCUT2D eigenvalue weighted by atomic mass is 10.0. The molecular formula is C13H21N7O. The van der Waals surface area contributed by atoms with Gasteiger partial charge < -0.3 is 9.88 Å². The quantitative estimate of drug-likeness (QED) is 0.811. The minimum atomic E-state index is -0.120. The molecule has 0 aliphatic rings. The van der Waals surface area contributed by atoms with Gasteiger partial charge in [0.05, 0.1) is 6.04 Å². The molecule has 0 bridgehead atoms. The van der Waals surface area contributed by atoms with Crippen LogP contribution in [0.1, 0.15) is 38.6 Å². The fourth-order valence-corrected chi connectivity index (χ4v) is 2.16. The van der Waals surface area contributed by atoms with Gasteiger partial charge in [-0.05, 0) is 12.3 Å². The lowest BCUT2D eigenvalue weighted by Gasteiger charge is -2.19. The number of carbonyl (C=O) groups excluding carboxylic acids is 1. The zero-order valence-corrected chi connectivity index (χ0v) is 12.6. The van der Waals surface area contributed by atoms with Crippen LogP contribution < -0.4 is 5.32 Å². The molecule has 0 fully saturated rings. The van der Waals surface area contributed by atoms with E-state index in [0.29, 0.717) is 18.9 Å². The van der Waals surface area contributed by atoms with E-state index < -0.39 is 0 Å². The first-order valence-electron chi connectivity index (χ1n) is 7.02. The summed E-state index contributed by atoms with van der Waals surface area (Å²) in [5.41, 5.74) is 0. The number of aromatic nitrogens is 6. The van der Waals surface area contributed by atoms with Crippen molar-refractivity contribution in [1.82, 2.24) is 34.8 Å². The highest BCUT2D eigenvalue weighted by atomic mass is 16.1. The Labute approximate surface area is 123 Å². The molecule has 0 aliphatic carbocycles. The van der Waals surface area contributed by atoms with Gasteiger partial charge in [-0.3, -0.25) is 9.48 Å². The molecule has 0 saturated heterocycles. The third-order valence-electron chi connectivity index (χ3n) is 3.16. The highest BCUT2D eigenvalue weighted by molar-refractivity contribution is 5.76. The molecule has 2 heterocycles. The van der Waals surface area contributed by atoms with Crippen LogP contribution in [0, 0.1) is 5.92 Å². The van der Waals surface area contributed by atoms with Crippen LogP contribution in [0.5, 0.6) is 0 Å². The molecule has 2 aromatic rings. The summed E-state index contributed by atoms with van der Waals surface area (Å²) < 4.78 is 3.48. The number of hydrogen-bond acceptors (Lipinski definition) is 5. The van der Waals surface area contributed by atoms with Gasteiger partial charge in [-0.25, -0.2) is 4.98 Å². The van der Waals surface area contributed by atoms with Crippen molar-refractivity contribution in [2.75, 3.05) is 0 Å². The van der Waals surface area contributed by atoms with E-state index in [1.165, 1.54) is 6.33 Å². The van der Waals surface area contributed by atoms with E-state index in [9.17, 15) is 4.79 Å². The molecule has 0 radical (unpaired) electrons. The highest BCUT2D eigenvalue weighted by Gasteiger charge is 2.20. The van der Waals surface area contributed by atoms with E-state index >= 15 is 0 Å². The van der Waals surface area contributed by atoms with Crippen molar-refractivity contribution in [3.05, 3.63) is 24.8 Å². The Morgan fingerprint density at radius 2 is 2.05 bits per heavy atom. The maximum Gasteiger partial charge on any atom is 0.222 e. The molecule has 0 aliphatic heterocycles. The van der Waals surface area contributed by atoms with Crippen LogP contribution in [0.4, 0.5) is 0 Å². The van der Waals surface area contributed by atoms with E-state index in [0.717, 1.165) is 12.2 Å². The van der Waals surface area contributed by atoms with Crippen LogP contribution >= 0.6 is 0 Å². The maximum atomic E-state index is 12.1. The van der Waals surface area contributed by atoms with Crippen molar-refractivity contribution in [1.29, 1.82) is 0 Å². The van der Waals surface area contributed by atoms with Crippen molar-refractivity contribution < 1.29 is 4.79 Å². The lowest BCUT2D eigenvalue weighted by Crippen LogP contribution is -2.31. The van der Waals surface area contributed by atoms with Gasteiger partial charge in [0.2, 0.25) is 5.91 Å². The molecule has 2 rings (SSSR count). The molecule has 0 aromatic carbocycles. The Balaban J connectivity index is 1.95. The molecule has 0 saturated carbocycles. The fraction of sp³-hybridized carbons (Fsp3) is 0.615. The topological polar surface area (TPSA) is 90.5 Å². The summed E-state index contributed by atoms with van der Waals surface area (Å²) >= 11 is 0. The molecule has 0 spiro atoms. The van der Waals surface area contributed by atoms with Crippen molar-refractivity contribution >= 4 is 5.91 Å². The van der Waals surface area contributed by atoms with E-state index in [1.807, 2.05) is 7.05 Å². The molecule has 8 nitrogen and oxygen atoms in total. The molecule has 0 unspecified atom stereocenters. The zero-order chi connectivity index (χ0) is 15.2. The van der Waals surface area contributed by atoms with Crippen molar-refractivity contribution in [3.8, 4) is 0 Å². The predicted octanol–water partition coefficient (Wildman–Crippen LogP) is 0.700. The lowest BCUT2D eigenvalue weighted by molar-refractivity contribution is -0.122. The first-order valence-corrected chi connectivity index (χ1v) is 7.02. The second-order valence-corrected chi connectivity index (χ2v) is 5.44. The number of carbonyl (C=O) groups is 1. The van der Waals surface area contributed by atoms with Gasteiger partial charge in [0, 0.05) is 20.0 Å². The SMILES string of the molecule is CC(C)C[C@@H](NC(=O)CCn1cnnc1)c1ncnn1C. The Morgan fingerprint density at radius 3 is 2.62 bits per heavy atom. The Morgan fingerprint density at radius 1 is 1.33 bits per heavy atom. The Hall–Kier alpha value is -2.25. The number of hydrogen-bond donors (Lipinski definition) is 1. The van der Waals surface area contributed by atoms with Crippen LogP contribution in [0.15, 0.2) is 19.0 Å². The maximum absolute atomic E-state index is 12.1. The van der Waals surface area contributed by atoms with Crippen LogP contribution in [0.3, 0.4) is 0 Å². The third kappa shape index (κ3) is 4.37. The minimum absolute atomic E-state index is 0.0163. The number of amides is 1. The van der Waals surface area contributed by atoms with Gasteiger partial charge >= 0.3 is 0 Å². The van der Waals surface area contributed by atoms with Crippen LogP contribution in [-0.2, 0) is 18.4 Å². The first-order chi connectivity index (χ1) is 10.1. The Bertz CT molecular complexity index is 561. The van der Waals surface area contributed by atoms with Crippen molar-refractivity contribution in [3.63, 3.8) is 0 Å². The monoisotopic (exact) mass is 291 g/mol. The van der Waals surface area contributed by atoms with Gasteiger partial charge in [0.1, 0.15) is 24.8 Å². The molecule has 8 heteroatoms. The van der Waals surface area contributed by atoms with Crippen molar-refractivity contribution in [2.45, 2.75) is 39.3 Å². The summed E-state index contributed by atoms with van der Waals surface area (Å²) in [5.74, 6) is 1.21. The van der Waals surface area contributed by atoms with Crippen LogP contribution in [0.2, 0.25) is 0 Å². The predicted molar refractivity (Wildman–Crippen MR) is 76.0 cm³/mol. The average molecular weight is 291 g/mol. The molecule has 21 heavy (non-hydrogen) atoms. The van der Waals surface area contributed by atoms with E-state index in [4.69, 9.17) is 0 Å². The standard InChI is InChI=1S/C13H21N7O/c1-10(2)6-11(13-14-7-17-19(13)3)18-12(21)4-5-20-8-15-16-9-20/h7-11H,4-6H2,1-3H3,(H,18,21)/t11-/m1/s1. The zero-order valence-electron chi connectivity index (χ0n) is 12.6. The molecular weight excluding hydrogens is 270 g/mol. The number of nitrogens with one attached hydrogen (secondary N) is 1. The van der Waals surface area contributed by atoms with E-state index in [-0.39, 0.29) is 11.9 Å². The summed E-state index contributed by atoms with van der Waals surface area (Å²) in [6, 6.07) is -0.120. The summed E-state index contributed by atoms with van der Waals surface area (Å²) in [5, 5.41) is 14.5. The van der Waals surface area contributed by atoms with E-state index in [1.54, 1.807) is 21.9 Å². The summed E-state index contributed by atoms with van der Waals surface area (Å²) in [7, 11) is 1.83. The highest BCUT2D eigenvalue weighted by Crippen LogP contribution is 2.18. The summed E-state index contributed by atoms with van der Waals surface area (Å²) in [4.78, 5) is 16.4. The molecule has 2 aromatic heterocycles. The molecule has 1 atom stereocenters. The largest absolute Gasteiger partial charge is 0.346 e. The minimum Gasteiger partial charge on any atom is -0.346 e.